The Kier molecular flexibility index (Phi) is 7.19. The Morgan fingerprint density at radius 2 is 1.68 bits per heavy atom. The van der Waals surface area contributed by atoms with Gasteiger partial charge >= 0.3 is 5.97 Å². The Balaban J connectivity index is 1.12. The molecule has 9 atom stereocenters. The number of fused-ring (bicyclic) bond motifs is 2. The van der Waals surface area contributed by atoms with Gasteiger partial charge in [-0.2, -0.15) is 0 Å². The highest BCUT2D eigenvalue weighted by molar-refractivity contribution is 5.77. The highest BCUT2D eigenvalue weighted by Crippen LogP contribution is 2.60. The zero-order valence-corrected chi connectivity index (χ0v) is 23.7. The van der Waals surface area contributed by atoms with Crippen LogP contribution in [0.15, 0.2) is 48.5 Å². The summed E-state index contributed by atoms with van der Waals surface area (Å²) in [5, 5.41) is 0. The molecule has 1 aliphatic carbocycles. The van der Waals surface area contributed by atoms with E-state index in [2.05, 4.69) is 13.8 Å². The molecule has 0 aromatic heterocycles. The van der Waals surface area contributed by atoms with E-state index in [4.69, 9.17) is 38.2 Å². The molecule has 0 N–H and O–H groups in total. The van der Waals surface area contributed by atoms with Crippen LogP contribution in [-0.4, -0.2) is 43.2 Å². The van der Waals surface area contributed by atoms with Crippen molar-refractivity contribution in [2.45, 2.75) is 83.5 Å². The molecule has 0 radical (unpaired) electrons. The first-order valence-electron chi connectivity index (χ1n) is 14.2. The monoisotopic (exact) mass is 554 g/mol. The van der Waals surface area contributed by atoms with E-state index in [1.165, 1.54) is 7.11 Å². The van der Waals surface area contributed by atoms with Crippen LogP contribution in [0, 0.1) is 23.7 Å². The van der Waals surface area contributed by atoms with E-state index >= 15 is 0 Å². The highest BCUT2D eigenvalue weighted by atomic mass is 17.3. The zero-order valence-electron chi connectivity index (χ0n) is 23.7. The molecule has 7 rings (SSSR count). The zero-order chi connectivity index (χ0) is 28.1. The third-order valence-corrected chi connectivity index (χ3v) is 9.10. The maximum atomic E-state index is 12.6. The van der Waals surface area contributed by atoms with Crippen molar-refractivity contribution in [3.05, 3.63) is 48.5 Å². The van der Waals surface area contributed by atoms with E-state index < -0.39 is 36.0 Å². The molecule has 216 valence electrons. The van der Waals surface area contributed by atoms with Crippen molar-refractivity contribution >= 4 is 5.97 Å². The van der Waals surface area contributed by atoms with Gasteiger partial charge in [0.05, 0.1) is 7.11 Å². The van der Waals surface area contributed by atoms with Crippen molar-refractivity contribution in [2.24, 2.45) is 23.7 Å². The standard InChI is InChI=1S/C31H38O9/c1-18-10-15-24-19(2)28(37-29-31(24)23(18)16-17-30(4,38-29)39-40-31)35-22-13-11-21(12-14-22)34-20(3)27(32)36-26-9-7-6-8-25(26)33-5/h6-9,11-14,18-20,23-24,28-29H,10,15-17H2,1-5H3/t18-,19-,20?,23+,24+,28+,29-,30-,31-/m1/s1. The molecule has 2 aromatic rings. The molecule has 4 heterocycles. The Labute approximate surface area is 234 Å². The van der Waals surface area contributed by atoms with Crippen molar-refractivity contribution in [1.82, 2.24) is 0 Å². The Morgan fingerprint density at radius 3 is 2.42 bits per heavy atom. The van der Waals surface area contributed by atoms with Gasteiger partial charge in [-0.1, -0.05) is 26.0 Å². The van der Waals surface area contributed by atoms with Gasteiger partial charge in [0.15, 0.2) is 29.5 Å². The largest absolute Gasteiger partial charge is 0.493 e. The van der Waals surface area contributed by atoms with E-state index in [0.717, 1.165) is 25.7 Å². The van der Waals surface area contributed by atoms with Crippen molar-refractivity contribution in [2.75, 3.05) is 7.11 Å². The Bertz CT molecular complexity index is 1220. The number of carbonyl (C=O) groups excluding carboxylic acids is 1. The second-order valence-electron chi connectivity index (χ2n) is 11.7. The van der Waals surface area contributed by atoms with Gasteiger partial charge in [0.2, 0.25) is 12.1 Å². The SMILES string of the molecule is COc1ccccc1OC(=O)C(C)Oc1ccc(O[C@H]2O[C@@H]3O[C@@]4(C)CC[C@H]5[C@H](C)CC[C@@H]([C@H]2C)[C@@]35OO4)cc1. The van der Waals surface area contributed by atoms with Crippen LogP contribution in [0.5, 0.6) is 23.0 Å². The lowest BCUT2D eigenvalue weighted by Gasteiger charge is -2.60. The predicted octanol–water partition coefficient (Wildman–Crippen LogP) is 5.65. The summed E-state index contributed by atoms with van der Waals surface area (Å²) in [5.41, 5.74) is -0.626. The summed E-state index contributed by atoms with van der Waals surface area (Å²) in [5.74, 6) is 1.65. The topological polar surface area (TPSA) is 90.9 Å². The third-order valence-electron chi connectivity index (χ3n) is 9.10. The number of rotatable bonds is 7. The summed E-state index contributed by atoms with van der Waals surface area (Å²) < 4.78 is 35.8. The molecular weight excluding hydrogens is 516 g/mol. The number of hydrogen-bond acceptors (Lipinski definition) is 9. The molecule has 1 saturated carbocycles. The molecule has 1 spiro atoms. The fourth-order valence-corrected chi connectivity index (χ4v) is 6.88. The van der Waals surface area contributed by atoms with E-state index in [-0.39, 0.29) is 11.8 Å². The lowest BCUT2D eigenvalue weighted by molar-refractivity contribution is -0.575. The number of benzene rings is 2. The van der Waals surface area contributed by atoms with Crippen LogP contribution in [0.25, 0.3) is 0 Å². The van der Waals surface area contributed by atoms with Gasteiger partial charge in [-0.05, 0) is 81.3 Å². The van der Waals surface area contributed by atoms with Crippen LogP contribution in [0.1, 0.15) is 53.4 Å². The van der Waals surface area contributed by atoms with E-state index in [0.29, 0.717) is 34.8 Å². The fourth-order valence-electron chi connectivity index (χ4n) is 6.88. The molecule has 4 saturated heterocycles. The fraction of sp³-hybridized carbons (Fsp3) is 0.581. The van der Waals surface area contributed by atoms with Crippen LogP contribution >= 0.6 is 0 Å². The van der Waals surface area contributed by atoms with Gasteiger partial charge in [0, 0.05) is 18.3 Å². The average Bonchev–Trinajstić information content (AvgIpc) is 3.18. The predicted molar refractivity (Wildman–Crippen MR) is 143 cm³/mol. The minimum atomic E-state index is -0.831. The smallest absolute Gasteiger partial charge is 0.352 e. The van der Waals surface area contributed by atoms with Crippen LogP contribution in [0.2, 0.25) is 0 Å². The molecule has 1 unspecified atom stereocenters. The maximum absolute atomic E-state index is 12.6. The highest BCUT2D eigenvalue weighted by Gasteiger charge is 2.69. The number of methoxy groups -OCH3 is 1. The molecule has 5 fully saturated rings. The van der Waals surface area contributed by atoms with Crippen molar-refractivity contribution in [1.29, 1.82) is 0 Å². The number of para-hydroxylation sites is 2. The molecular formula is C31H38O9. The summed E-state index contributed by atoms with van der Waals surface area (Å²) in [6.45, 7) is 8.01. The molecule has 9 nitrogen and oxygen atoms in total. The van der Waals surface area contributed by atoms with Gasteiger partial charge in [-0.25, -0.2) is 14.6 Å². The molecule has 2 bridgehead atoms. The third kappa shape index (κ3) is 4.72. The second-order valence-corrected chi connectivity index (χ2v) is 11.7. The molecule has 2 aromatic carbocycles. The van der Waals surface area contributed by atoms with Crippen LogP contribution in [-0.2, 0) is 24.0 Å². The van der Waals surface area contributed by atoms with Crippen LogP contribution < -0.4 is 18.9 Å². The van der Waals surface area contributed by atoms with Gasteiger partial charge < -0.3 is 28.4 Å². The first-order valence-corrected chi connectivity index (χ1v) is 14.2. The maximum Gasteiger partial charge on any atom is 0.352 e. The minimum absolute atomic E-state index is 0.0570. The summed E-state index contributed by atoms with van der Waals surface area (Å²) in [7, 11) is 1.52. The average molecular weight is 555 g/mol. The summed E-state index contributed by atoms with van der Waals surface area (Å²) in [6.07, 6.45) is 1.97. The Hall–Kier alpha value is -2.85. The van der Waals surface area contributed by atoms with Gasteiger partial charge in [0.25, 0.3) is 0 Å². The summed E-state index contributed by atoms with van der Waals surface area (Å²) in [6, 6.07) is 14.1. The number of hydrogen-bond donors (Lipinski definition) is 0. The van der Waals surface area contributed by atoms with Crippen LogP contribution in [0.3, 0.4) is 0 Å². The lowest BCUT2D eigenvalue weighted by atomic mass is 9.58. The van der Waals surface area contributed by atoms with Crippen molar-refractivity contribution in [3.63, 3.8) is 0 Å². The van der Waals surface area contributed by atoms with Gasteiger partial charge in [0.1, 0.15) is 11.5 Å². The molecule has 0 amide bonds. The quantitative estimate of drug-likeness (QED) is 0.244. The van der Waals surface area contributed by atoms with E-state index in [1.807, 2.05) is 6.92 Å². The normalized spacial score (nSPS) is 37.0. The molecule has 4 aliphatic heterocycles. The first kappa shape index (κ1) is 27.3. The molecule has 5 aliphatic rings. The lowest BCUT2D eigenvalue weighted by Crippen LogP contribution is -2.70. The Morgan fingerprint density at radius 1 is 0.950 bits per heavy atom. The second kappa shape index (κ2) is 10.5. The number of esters is 1. The van der Waals surface area contributed by atoms with Gasteiger partial charge in [-0.3, -0.25) is 0 Å². The number of ether oxygens (including phenoxy) is 6. The summed E-state index contributed by atoms with van der Waals surface area (Å²) >= 11 is 0. The van der Waals surface area contributed by atoms with E-state index in [1.54, 1.807) is 55.5 Å². The summed E-state index contributed by atoms with van der Waals surface area (Å²) in [4.78, 5) is 24.7. The van der Waals surface area contributed by atoms with Crippen molar-refractivity contribution < 1.29 is 43.0 Å². The first-order chi connectivity index (χ1) is 19.2. The number of carbonyl (C=O) groups is 1. The van der Waals surface area contributed by atoms with Gasteiger partial charge in [-0.15, -0.1) is 0 Å². The molecule has 40 heavy (non-hydrogen) atoms. The van der Waals surface area contributed by atoms with Crippen LogP contribution in [0.4, 0.5) is 0 Å². The molecule has 9 heteroatoms. The minimum Gasteiger partial charge on any atom is -0.493 e. The van der Waals surface area contributed by atoms with Crippen molar-refractivity contribution in [3.8, 4) is 23.0 Å². The van der Waals surface area contributed by atoms with E-state index in [9.17, 15) is 4.79 Å².